The van der Waals surface area contributed by atoms with Gasteiger partial charge in [0.2, 0.25) is 5.91 Å². The lowest BCUT2D eigenvalue weighted by molar-refractivity contribution is -0.151. The van der Waals surface area contributed by atoms with Crippen molar-refractivity contribution in [2.45, 2.75) is 296 Å². The number of carbonyl (C=O) groups excluding carboxylic acids is 2. The van der Waals surface area contributed by atoms with E-state index in [0.717, 1.165) is 77.0 Å². The number of rotatable bonds is 48. The van der Waals surface area contributed by atoms with Crippen molar-refractivity contribution >= 4 is 11.9 Å². The molecule has 3 atom stereocenters. The zero-order valence-electron chi connectivity index (χ0n) is 40.8. The number of aliphatic hydroxyl groups is 2. The summed E-state index contributed by atoms with van der Waals surface area (Å²) in [5, 5.41) is 23.8. The largest absolute Gasteiger partial charge is 0.462 e. The highest BCUT2D eigenvalue weighted by atomic mass is 16.5. The standard InChI is InChI=1S/C55H103NO5/c1-4-7-10-13-16-19-22-24-25-26-27-28-29-31-33-36-39-42-45-48-55(60)61-51(46-43-40-37-34-21-18-15-12-9-6-3)49-54(59)56-52(50-57)53(58)47-44-41-38-35-32-30-23-20-17-14-11-8-5-2/h16,18-19,21,24-25,51-53,57-58H,4-15,17,20,22-23,26-50H2,1-3H3,(H,56,59)/b19-16-,21-18-,25-24-. The average Bonchev–Trinajstić information content (AvgIpc) is 3.25. The second-order valence-corrected chi connectivity index (χ2v) is 18.3. The van der Waals surface area contributed by atoms with Crippen LogP contribution in [0.2, 0.25) is 0 Å². The Morgan fingerprint density at radius 2 is 0.836 bits per heavy atom. The third-order valence-corrected chi connectivity index (χ3v) is 12.2. The van der Waals surface area contributed by atoms with Gasteiger partial charge in [-0.1, -0.05) is 218 Å². The smallest absolute Gasteiger partial charge is 0.306 e. The average molecular weight is 858 g/mol. The molecule has 6 heteroatoms. The van der Waals surface area contributed by atoms with Crippen LogP contribution < -0.4 is 5.32 Å². The minimum Gasteiger partial charge on any atom is -0.462 e. The van der Waals surface area contributed by atoms with Crippen molar-refractivity contribution in [3.05, 3.63) is 36.5 Å². The third-order valence-electron chi connectivity index (χ3n) is 12.2. The quantitative estimate of drug-likeness (QED) is 0.0322. The molecular formula is C55H103NO5. The van der Waals surface area contributed by atoms with Crippen LogP contribution in [0, 0.1) is 0 Å². The van der Waals surface area contributed by atoms with Gasteiger partial charge in [-0.2, -0.15) is 0 Å². The van der Waals surface area contributed by atoms with Crippen molar-refractivity contribution in [3.63, 3.8) is 0 Å². The zero-order chi connectivity index (χ0) is 44.5. The number of hydrogen-bond donors (Lipinski definition) is 3. The highest BCUT2D eigenvalue weighted by molar-refractivity contribution is 5.77. The van der Waals surface area contributed by atoms with Crippen LogP contribution in [0.3, 0.4) is 0 Å². The van der Waals surface area contributed by atoms with Crippen LogP contribution in [0.5, 0.6) is 0 Å². The first-order valence-corrected chi connectivity index (χ1v) is 26.7. The summed E-state index contributed by atoms with van der Waals surface area (Å²) in [6.45, 7) is 6.44. The maximum atomic E-state index is 13.2. The summed E-state index contributed by atoms with van der Waals surface area (Å²) in [6.07, 6.45) is 57.8. The van der Waals surface area contributed by atoms with Crippen LogP contribution in [-0.2, 0) is 14.3 Å². The van der Waals surface area contributed by atoms with E-state index >= 15 is 0 Å². The number of allylic oxidation sites excluding steroid dienone is 6. The first-order chi connectivity index (χ1) is 30.0. The Balaban J connectivity index is 4.45. The molecule has 0 radical (unpaired) electrons. The number of ether oxygens (including phenoxy) is 1. The van der Waals surface area contributed by atoms with Crippen LogP contribution in [0.15, 0.2) is 36.5 Å². The Kier molecular flexibility index (Phi) is 47.6. The van der Waals surface area contributed by atoms with Crippen molar-refractivity contribution < 1.29 is 24.5 Å². The van der Waals surface area contributed by atoms with E-state index in [9.17, 15) is 19.8 Å². The van der Waals surface area contributed by atoms with Gasteiger partial charge >= 0.3 is 5.97 Å². The molecule has 0 aromatic rings. The van der Waals surface area contributed by atoms with E-state index in [4.69, 9.17) is 4.74 Å². The molecule has 0 aromatic heterocycles. The van der Waals surface area contributed by atoms with E-state index in [0.29, 0.717) is 19.3 Å². The molecule has 0 saturated heterocycles. The maximum Gasteiger partial charge on any atom is 0.306 e. The lowest BCUT2D eigenvalue weighted by Crippen LogP contribution is -2.46. The SMILES string of the molecule is CCCCC/C=C\C/C=C\CCCCCCCCCCCC(=O)OC(CCCCC/C=C\CCCCC)CC(=O)NC(CO)C(O)CCCCCCCCCCCCCCC. The number of aliphatic hydroxyl groups excluding tert-OH is 2. The highest BCUT2D eigenvalue weighted by Crippen LogP contribution is 2.18. The summed E-state index contributed by atoms with van der Waals surface area (Å²) in [5.74, 6) is -0.486. The Morgan fingerprint density at radius 1 is 0.475 bits per heavy atom. The van der Waals surface area contributed by atoms with E-state index < -0.39 is 18.2 Å². The summed E-state index contributed by atoms with van der Waals surface area (Å²) >= 11 is 0. The first kappa shape index (κ1) is 59.1. The molecule has 61 heavy (non-hydrogen) atoms. The fourth-order valence-electron chi connectivity index (χ4n) is 8.10. The Hall–Kier alpha value is -1.92. The summed E-state index contributed by atoms with van der Waals surface area (Å²) in [6, 6.07) is -0.704. The van der Waals surface area contributed by atoms with Crippen molar-refractivity contribution in [2.75, 3.05) is 6.61 Å². The van der Waals surface area contributed by atoms with Gasteiger partial charge in [-0.15, -0.1) is 0 Å². The molecule has 3 unspecified atom stereocenters. The van der Waals surface area contributed by atoms with Gasteiger partial charge in [-0.3, -0.25) is 9.59 Å². The second-order valence-electron chi connectivity index (χ2n) is 18.3. The second kappa shape index (κ2) is 49.1. The molecule has 0 saturated carbocycles. The molecule has 358 valence electrons. The van der Waals surface area contributed by atoms with Gasteiger partial charge < -0.3 is 20.3 Å². The Labute approximate surface area is 379 Å². The van der Waals surface area contributed by atoms with Crippen LogP contribution in [0.4, 0.5) is 0 Å². The van der Waals surface area contributed by atoms with Gasteiger partial charge in [0.25, 0.3) is 0 Å². The van der Waals surface area contributed by atoms with Gasteiger partial charge in [0.05, 0.1) is 25.2 Å². The number of amides is 1. The summed E-state index contributed by atoms with van der Waals surface area (Å²) in [5.41, 5.74) is 0. The molecule has 0 aliphatic heterocycles. The lowest BCUT2D eigenvalue weighted by Gasteiger charge is -2.24. The van der Waals surface area contributed by atoms with Gasteiger partial charge in [0, 0.05) is 6.42 Å². The maximum absolute atomic E-state index is 13.2. The molecule has 0 spiro atoms. The number of unbranched alkanes of at least 4 members (excludes halogenated alkanes) is 30. The normalized spacial score (nSPS) is 13.5. The molecule has 0 rings (SSSR count). The predicted molar refractivity (Wildman–Crippen MR) is 264 cm³/mol. The molecule has 0 aliphatic carbocycles. The first-order valence-electron chi connectivity index (χ1n) is 26.7. The van der Waals surface area contributed by atoms with Crippen LogP contribution in [0.25, 0.3) is 0 Å². The highest BCUT2D eigenvalue weighted by Gasteiger charge is 2.24. The van der Waals surface area contributed by atoms with Gasteiger partial charge in [-0.25, -0.2) is 0 Å². The van der Waals surface area contributed by atoms with Crippen molar-refractivity contribution in [1.82, 2.24) is 5.32 Å². The Morgan fingerprint density at radius 3 is 1.31 bits per heavy atom. The number of hydrogen-bond acceptors (Lipinski definition) is 5. The summed E-state index contributed by atoms with van der Waals surface area (Å²) in [7, 11) is 0. The van der Waals surface area contributed by atoms with Crippen molar-refractivity contribution in [2.24, 2.45) is 0 Å². The lowest BCUT2D eigenvalue weighted by atomic mass is 10.0. The predicted octanol–water partition coefficient (Wildman–Crippen LogP) is 16.1. The summed E-state index contributed by atoms with van der Waals surface area (Å²) in [4.78, 5) is 26.1. The molecule has 3 N–H and O–H groups in total. The zero-order valence-corrected chi connectivity index (χ0v) is 40.8. The Bertz CT molecular complexity index is 1010. The molecule has 0 aliphatic rings. The topological polar surface area (TPSA) is 95.9 Å². The number of nitrogens with one attached hydrogen (secondary N) is 1. The third kappa shape index (κ3) is 44.5. The van der Waals surface area contributed by atoms with Crippen molar-refractivity contribution in [3.8, 4) is 0 Å². The van der Waals surface area contributed by atoms with Gasteiger partial charge in [-0.05, 0) is 83.5 Å². The molecule has 0 heterocycles. The number of esters is 1. The summed E-state index contributed by atoms with van der Waals surface area (Å²) < 4.78 is 5.92. The van der Waals surface area contributed by atoms with Crippen LogP contribution in [0.1, 0.15) is 278 Å². The molecule has 6 nitrogen and oxygen atoms in total. The van der Waals surface area contributed by atoms with Crippen molar-refractivity contribution in [1.29, 1.82) is 0 Å². The minimum absolute atomic E-state index is 0.0673. The van der Waals surface area contributed by atoms with E-state index in [1.807, 2.05) is 0 Å². The molecule has 0 fully saturated rings. The fourth-order valence-corrected chi connectivity index (χ4v) is 8.10. The number of carbonyl (C=O) groups is 2. The monoisotopic (exact) mass is 858 g/mol. The van der Waals surface area contributed by atoms with Gasteiger partial charge in [0.1, 0.15) is 6.10 Å². The molecule has 0 bridgehead atoms. The van der Waals surface area contributed by atoms with Gasteiger partial charge in [0.15, 0.2) is 0 Å². The van der Waals surface area contributed by atoms with E-state index in [1.54, 1.807) is 0 Å². The molecule has 0 aromatic carbocycles. The van der Waals surface area contributed by atoms with E-state index in [-0.39, 0.29) is 24.9 Å². The molecule has 1 amide bonds. The van der Waals surface area contributed by atoms with E-state index in [1.165, 1.54) is 154 Å². The fraction of sp³-hybridized carbons (Fsp3) is 0.855. The van der Waals surface area contributed by atoms with Crippen LogP contribution >= 0.6 is 0 Å². The van der Waals surface area contributed by atoms with E-state index in [2.05, 4.69) is 62.5 Å². The minimum atomic E-state index is -0.789. The molecular weight excluding hydrogens is 755 g/mol. The van der Waals surface area contributed by atoms with Crippen LogP contribution in [-0.4, -0.2) is 46.9 Å².